The van der Waals surface area contributed by atoms with Gasteiger partial charge in [-0.25, -0.2) is 0 Å². The fourth-order valence-corrected chi connectivity index (χ4v) is 3.27. The molecule has 0 aromatic heterocycles. The van der Waals surface area contributed by atoms with Gasteiger partial charge in [-0.05, 0) is 50.6 Å². The van der Waals surface area contributed by atoms with E-state index in [1.807, 2.05) is 0 Å². The van der Waals surface area contributed by atoms with Crippen LogP contribution in [-0.4, -0.2) is 13.1 Å². The molecule has 0 spiro atoms. The predicted molar refractivity (Wildman–Crippen MR) is 66.0 cm³/mol. The number of nitrogens with one attached hydrogen (secondary N) is 1. The number of rotatable bonds is 4. The van der Waals surface area contributed by atoms with Gasteiger partial charge in [0.1, 0.15) is 0 Å². The van der Waals surface area contributed by atoms with Gasteiger partial charge >= 0.3 is 0 Å². The second-order valence-electron chi connectivity index (χ2n) is 5.67. The average molecular weight is 209 g/mol. The van der Waals surface area contributed by atoms with Crippen molar-refractivity contribution in [2.24, 2.45) is 11.8 Å². The fourth-order valence-electron chi connectivity index (χ4n) is 3.27. The van der Waals surface area contributed by atoms with Gasteiger partial charge in [-0.2, -0.15) is 0 Å². The van der Waals surface area contributed by atoms with Gasteiger partial charge in [0.25, 0.3) is 0 Å². The Morgan fingerprint density at radius 1 is 0.600 bits per heavy atom. The largest absolute Gasteiger partial charge is 0.316 e. The van der Waals surface area contributed by atoms with E-state index in [0.717, 1.165) is 11.8 Å². The van der Waals surface area contributed by atoms with E-state index in [1.54, 1.807) is 0 Å². The van der Waals surface area contributed by atoms with Gasteiger partial charge in [0, 0.05) is 0 Å². The van der Waals surface area contributed by atoms with Crippen LogP contribution in [0.15, 0.2) is 0 Å². The molecule has 2 fully saturated rings. The molecule has 88 valence electrons. The molecule has 0 unspecified atom stereocenters. The normalized spacial score (nSPS) is 25.6. The van der Waals surface area contributed by atoms with Crippen molar-refractivity contribution in [1.29, 1.82) is 0 Å². The second kappa shape index (κ2) is 6.52. The minimum Gasteiger partial charge on any atom is -0.316 e. The monoisotopic (exact) mass is 209 g/mol. The lowest BCUT2D eigenvalue weighted by atomic mass is 10.00. The molecule has 2 aliphatic carbocycles. The summed E-state index contributed by atoms with van der Waals surface area (Å²) in [7, 11) is 0. The molecule has 0 bridgehead atoms. The summed E-state index contributed by atoms with van der Waals surface area (Å²) in [5.74, 6) is 2.00. The lowest BCUT2D eigenvalue weighted by molar-refractivity contribution is 0.397. The molecule has 2 aliphatic rings. The molecular formula is C14H27N. The molecule has 2 saturated carbocycles. The minimum atomic E-state index is 0.994. The van der Waals surface area contributed by atoms with Crippen LogP contribution in [0.25, 0.3) is 0 Å². The molecule has 0 amide bonds. The van der Waals surface area contributed by atoms with E-state index in [1.165, 1.54) is 77.3 Å². The van der Waals surface area contributed by atoms with E-state index in [-0.39, 0.29) is 0 Å². The van der Waals surface area contributed by atoms with Crippen molar-refractivity contribution in [3.05, 3.63) is 0 Å². The maximum Gasteiger partial charge on any atom is -0.00204 e. The average Bonchev–Trinajstić information content (AvgIpc) is 2.62. The van der Waals surface area contributed by atoms with Crippen LogP contribution in [0.2, 0.25) is 0 Å². The molecule has 0 aliphatic heterocycles. The Kier molecular flexibility index (Phi) is 4.98. The Morgan fingerprint density at radius 3 is 1.47 bits per heavy atom. The molecule has 1 N–H and O–H groups in total. The summed E-state index contributed by atoms with van der Waals surface area (Å²) in [5.41, 5.74) is 0. The van der Waals surface area contributed by atoms with Crippen molar-refractivity contribution < 1.29 is 0 Å². The molecule has 15 heavy (non-hydrogen) atoms. The van der Waals surface area contributed by atoms with Gasteiger partial charge in [-0.15, -0.1) is 0 Å². The lowest BCUT2D eigenvalue weighted by Crippen LogP contribution is -2.27. The van der Waals surface area contributed by atoms with E-state index in [4.69, 9.17) is 0 Å². The number of hydrogen-bond donors (Lipinski definition) is 1. The van der Waals surface area contributed by atoms with E-state index in [9.17, 15) is 0 Å². The van der Waals surface area contributed by atoms with Crippen molar-refractivity contribution in [3.8, 4) is 0 Å². The molecule has 1 heteroatoms. The third-order valence-electron chi connectivity index (χ3n) is 4.32. The summed E-state index contributed by atoms with van der Waals surface area (Å²) in [6.45, 7) is 2.60. The zero-order valence-electron chi connectivity index (χ0n) is 10.1. The van der Waals surface area contributed by atoms with Crippen LogP contribution in [0.5, 0.6) is 0 Å². The van der Waals surface area contributed by atoms with Crippen molar-refractivity contribution in [2.75, 3.05) is 13.1 Å². The Balaban J connectivity index is 1.55. The van der Waals surface area contributed by atoms with E-state index < -0.39 is 0 Å². The van der Waals surface area contributed by atoms with Crippen molar-refractivity contribution in [3.63, 3.8) is 0 Å². The highest BCUT2D eigenvalue weighted by Gasteiger charge is 2.16. The highest BCUT2D eigenvalue weighted by molar-refractivity contribution is 4.72. The van der Waals surface area contributed by atoms with Crippen LogP contribution >= 0.6 is 0 Å². The summed E-state index contributed by atoms with van der Waals surface area (Å²) < 4.78 is 0. The zero-order valence-corrected chi connectivity index (χ0v) is 10.1. The van der Waals surface area contributed by atoms with Crippen molar-refractivity contribution in [2.45, 2.75) is 64.2 Å². The van der Waals surface area contributed by atoms with Crippen LogP contribution in [0.3, 0.4) is 0 Å². The Morgan fingerprint density at radius 2 is 1.00 bits per heavy atom. The molecular weight excluding hydrogens is 182 g/mol. The van der Waals surface area contributed by atoms with Crippen LogP contribution in [0.4, 0.5) is 0 Å². The molecule has 0 aromatic carbocycles. The standard InChI is InChI=1S/C14H27N/c1-2-4-8-13(7-3-1)11-15-12-14-9-5-6-10-14/h13-15H,1-12H2. The second-order valence-corrected chi connectivity index (χ2v) is 5.67. The first-order valence-electron chi connectivity index (χ1n) is 7.16. The van der Waals surface area contributed by atoms with Gasteiger partial charge in [-0.1, -0.05) is 38.5 Å². The third kappa shape index (κ3) is 4.14. The highest BCUT2D eigenvalue weighted by Crippen LogP contribution is 2.25. The van der Waals surface area contributed by atoms with Gasteiger partial charge in [-0.3, -0.25) is 0 Å². The summed E-state index contributed by atoms with van der Waals surface area (Å²) in [5, 5.41) is 3.72. The Bertz CT molecular complexity index is 153. The van der Waals surface area contributed by atoms with Crippen LogP contribution in [-0.2, 0) is 0 Å². The summed E-state index contributed by atoms with van der Waals surface area (Å²) >= 11 is 0. The smallest absolute Gasteiger partial charge is 0.00204 e. The van der Waals surface area contributed by atoms with Crippen LogP contribution in [0, 0.1) is 11.8 Å². The van der Waals surface area contributed by atoms with E-state index >= 15 is 0 Å². The van der Waals surface area contributed by atoms with Gasteiger partial charge in [0.15, 0.2) is 0 Å². The van der Waals surface area contributed by atoms with Crippen LogP contribution < -0.4 is 5.32 Å². The van der Waals surface area contributed by atoms with Crippen molar-refractivity contribution in [1.82, 2.24) is 5.32 Å². The van der Waals surface area contributed by atoms with E-state index in [0.29, 0.717) is 0 Å². The maximum atomic E-state index is 3.72. The summed E-state index contributed by atoms with van der Waals surface area (Å²) in [6.07, 6.45) is 14.8. The number of hydrogen-bond acceptors (Lipinski definition) is 1. The molecule has 0 aromatic rings. The third-order valence-corrected chi connectivity index (χ3v) is 4.32. The van der Waals surface area contributed by atoms with Crippen molar-refractivity contribution >= 4 is 0 Å². The molecule has 2 rings (SSSR count). The quantitative estimate of drug-likeness (QED) is 0.696. The molecule has 0 heterocycles. The maximum absolute atomic E-state index is 3.72. The first-order chi connectivity index (χ1) is 7.45. The van der Waals surface area contributed by atoms with E-state index in [2.05, 4.69) is 5.32 Å². The van der Waals surface area contributed by atoms with Crippen LogP contribution in [0.1, 0.15) is 64.2 Å². The topological polar surface area (TPSA) is 12.0 Å². The zero-order chi connectivity index (χ0) is 10.3. The summed E-state index contributed by atoms with van der Waals surface area (Å²) in [6, 6.07) is 0. The highest BCUT2D eigenvalue weighted by atomic mass is 14.9. The minimum absolute atomic E-state index is 0.994. The fraction of sp³-hybridized carbons (Fsp3) is 1.00. The van der Waals surface area contributed by atoms with Gasteiger partial charge in [0.2, 0.25) is 0 Å². The predicted octanol–water partition coefficient (Wildman–Crippen LogP) is 3.74. The Hall–Kier alpha value is -0.0400. The molecule has 0 atom stereocenters. The Labute approximate surface area is 95.0 Å². The first-order valence-corrected chi connectivity index (χ1v) is 7.16. The summed E-state index contributed by atoms with van der Waals surface area (Å²) in [4.78, 5) is 0. The molecule has 1 nitrogen and oxygen atoms in total. The first kappa shape index (κ1) is 11.4. The molecule has 0 saturated heterocycles. The molecule has 0 radical (unpaired) electrons. The lowest BCUT2D eigenvalue weighted by Gasteiger charge is -2.16. The van der Waals surface area contributed by atoms with Gasteiger partial charge in [0.05, 0.1) is 0 Å². The SMILES string of the molecule is C1CCCC(CNCC2CCCC2)CC1. The van der Waals surface area contributed by atoms with Gasteiger partial charge < -0.3 is 5.32 Å².